The van der Waals surface area contributed by atoms with Gasteiger partial charge in [-0.15, -0.1) is 0 Å². The molecule has 0 spiro atoms. The summed E-state index contributed by atoms with van der Waals surface area (Å²) in [6, 6.07) is 7.60. The second kappa shape index (κ2) is 8.17. The van der Waals surface area contributed by atoms with Crippen LogP contribution in [0.2, 0.25) is 5.02 Å². The fraction of sp³-hybridized carbons (Fsp3) is 0.125. The van der Waals surface area contributed by atoms with Gasteiger partial charge in [0.05, 0.1) is 28.3 Å². The van der Waals surface area contributed by atoms with Crippen molar-refractivity contribution in [1.82, 2.24) is 0 Å². The number of nitro benzene ring substituents is 1. The first-order chi connectivity index (χ1) is 12.3. The zero-order valence-corrected chi connectivity index (χ0v) is 14.1. The van der Waals surface area contributed by atoms with Crippen LogP contribution in [0.15, 0.2) is 36.4 Å². The van der Waals surface area contributed by atoms with E-state index in [-0.39, 0.29) is 33.5 Å². The lowest BCUT2D eigenvalue weighted by Crippen LogP contribution is -2.21. The summed E-state index contributed by atoms with van der Waals surface area (Å²) in [5.74, 6) is -1.44. The van der Waals surface area contributed by atoms with Gasteiger partial charge in [-0.3, -0.25) is 14.9 Å². The van der Waals surface area contributed by atoms with E-state index in [0.29, 0.717) is 0 Å². The molecule has 0 aromatic heterocycles. The number of hydrogen-bond donors (Lipinski definition) is 2. The molecule has 0 radical (unpaired) electrons. The molecule has 0 saturated heterocycles. The van der Waals surface area contributed by atoms with Gasteiger partial charge in [0.1, 0.15) is 5.75 Å². The van der Waals surface area contributed by atoms with Gasteiger partial charge < -0.3 is 19.9 Å². The Kier molecular flexibility index (Phi) is 5.97. The first-order valence-electron chi connectivity index (χ1n) is 7.09. The minimum Gasteiger partial charge on any atom is -0.493 e. The molecular weight excluding hydrogens is 368 g/mol. The SMILES string of the molecule is COc1c(Cl)cc(C(=O)O)cc1NC(=O)COc1ccc([N+](=O)[O-])cc1. The molecule has 2 rings (SSSR count). The van der Waals surface area contributed by atoms with Crippen molar-refractivity contribution in [2.75, 3.05) is 19.0 Å². The number of benzene rings is 2. The summed E-state index contributed by atoms with van der Waals surface area (Å²) in [6.07, 6.45) is 0. The van der Waals surface area contributed by atoms with Gasteiger partial charge in [0.15, 0.2) is 12.4 Å². The fourth-order valence-electron chi connectivity index (χ4n) is 2.02. The van der Waals surface area contributed by atoms with E-state index >= 15 is 0 Å². The van der Waals surface area contributed by atoms with Gasteiger partial charge in [-0.25, -0.2) is 4.79 Å². The maximum absolute atomic E-state index is 12.0. The summed E-state index contributed by atoms with van der Waals surface area (Å²) in [6.45, 7) is -0.407. The number of ether oxygens (including phenoxy) is 2. The number of carbonyl (C=O) groups is 2. The van der Waals surface area contributed by atoms with Crippen molar-refractivity contribution in [3.8, 4) is 11.5 Å². The minimum absolute atomic E-state index is 0.0268. The first kappa shape index (κ1) is 19.0. The molecule has 0 aliphatic heterocycles. The van der Waals surface area contributed by atoms with Gasteiger partial charge in [0.25, 0.3) is 11.6 Å². The number of anilines is 1. The Morgan fingerprint density at radius 1 is 1.27 bits per heavy atom. The molecule has 2 aromatic carbocycles. The van der Waals surface area contributed by atoms with E-state index in [1.54, 1.807) is 0 Å². The highest BCUT2D eigenvalue weighted by Gasteiger charge is 2.16. The van der Waals surface area contributed by atoms with E-state index in [9.17, 15) is 19.7 Å². The van der Waals surface area contributed by atoms with Crippen LogP contribution in [0.1, 0.15) is 10.4 Å². The van der Waals surface area contributed by atoms with E-state index in [2.05, 4.69) is 5.32 Å². The molecule has 2 N–H and O–H groups in total. The molecule has 10 heteroatoms. The number of halogens is 1. The van der Waals surface area contributed by atoms with Crippen LogP contribution in [-0.2, 0) is 4.79 Å². The Labute approximate surface area is 152 Å². The van der Waals surface area contributed by atoms with Crippen LogP contribution in [0.3, 0.4) is 0 Å². The van der Waals surface area contributed by atoms with Crippen LogP contribution in [0.5, 0.6) is 11.5 Å². The van der Waals surface area contributed by atoms with Gasteiger partial charge in [-0.05, 0) is 24.3 Å². The van der Waals surface area contributed by atoms with Crippen molar-refractivity contribution in [3.63, 3.8) is 0 Å². The molecule has 1 amide bonds. The Morgan fingerprint density at radius 3 is 2.46 bits per heavy atom. The normalized spacial score (nSPS) is 10.1. The minimum atomic E-state index is -1.22. The number of nitro groups is 1. The molecular formula is C16H13ClN2O7. The van der Waals surface area contributed by atoms with E-state index in [1.807, 2.05) is 0 Å². The Balaban J connectivity index is 2.07. The average molecular weight is 381 g/mol. The number of methoxy groups -OCH3 is 1. The third kappa shape index (κ3) is 4.61. The van der Waals surface area contributed by atoms with Crippen LogP contribution in [0.4, 0.5) is 11.4 Å². The van der Waals surface area contributed by atoms with Gasteiger partial charge in [-0.2, -0.15) is 0 Å². The fourth-order valence-corrected chi connectivity index (χ4v) is 2.31. The van der Waals surface area contributed by atoms with E-state index in [4.69, 9.17) is 26.2 Å². The van der Waals surface area contributed by atoms with E-state index < -0.39 is 23.4 Å². The summed E-state index contributed by atoms with van der Waals surface area (Å²) in [7, 11) is 1.32. The van der Waals surface area contributed by atoms with Crippen molar-refractivity contribution in [1.29, 1.82) is 0 Å². The van der Waals surface area contributed by atoms with Crippen molar-refractivity contribution < 1.29 is 29.1 Å². The largest absolute Gasteiger partial charge is 0.493 e. The maximum Gasteiger partial charge on any atom is 0.335 e. The van der Waals surface area contributed by atoms with Crippen LogP contribution in [0, 0.1) is 10.1 Å². The number of carboxylic acids is 1. The average Bonchev–Trinajstić information content (AvgIpc) is 2.60. The molecule has 9 nitrogen and oxygen atoms in total. The highest BCUT2D eigenvalue weighted by molar-refractivity contribution is 6.33. The molecule has 0 aliphatic carbocycles. The van der Waals surface area contributed by atoms with E-state index in [1.165, 1.54) is 43.5 Å². The molecule has 136 valence electrons. The molecule has 0 heterocycles. The zero-order chi connectivity index (χ0) is 19.3. The van der Waals surface area contributed by atoms with Crippen LogP contribution in [0.25, 0.3) is 0 Å². The molecule has 0 saturated carbocycles. The monoisotopic (exact) mass is 380 g/mol. The van der Waals surface area contributed by atoms with Crippen LogP contribution in [-0.4, -0.2) is 35.6 Å². The Morgan fingerprint density at radius 2 is 1.92 bits per heavy atom. The molecule has 0 fully saturated rings. The highest BCUT2D eigenvalue weighted by atomic mass is 35.5. The van der Waals surface area contributed by atoms with Gasteiger partial charge in [-0.1, -0.05) is 11.6 Å². The topological polar surface area (TPSA) is 128 Å². The third-order valence-corrected chi connectivity index (χ3v) is 3.47. The summed E-state index contributed by atoms with van der Waals surface area (Å²) in [4.78, 5) is 33.2. The lowest BCUT2D eigenvalue weighted by atomic mass is 10.2. The predicted molar refractivity (Wildman–Crippen MR) is 92.2 cm³/mol. The number of nitrogens with zero attached hydrogens (tertiary/aromatic N) is 1. The number of non-ortho nitro benzene ring substituents is 1. The summed E-state index contributed by atoms with van der Waals surface area (Å²) in [5, 5.41) is 22.1. The number of carbonyl (C=O) groups excluding carboxylic acids is 1. The van der Waals surface area contributed by atoms with E-state index in [0.717, 1.165) is 0 Å². The van der Waals surface area contributed by atoms with Crippen molar-refractivity contribution in [2.24, 2.45) is 0 Å². The van der Waals surface area contributed by atoms with Crippen molar-refractivity contribution in [2.45, 2.75) is 0 Å². The summed E-state index contributed by atoms with van der Waals surface area (Å²) >= 11 is 5.95. The first-order valence-corrected chi connectivity index (χ1v) is 7.47. The number of aromatic carboxylic acids is 1. The zero-order valence-electron chi connectivity index (χ0n) is 13.4. The molecule has 0 bridgehead atoms. The quantitative estimate of drug-likeness (QED) is 0.558. The number of amides is 1. The molecule has 26 heavy (non-hydrogen) atoms. The van der Waals surface area contributed by atoms with Gasteiger partial charge in [0, 0.05) is 12.1 Å². The predicted octanol–water partition coefficient (Wildman–Crippen LogP) is 2.97. The smallest absolute Gasteiger partial charge is 0.335 e. The van der Waals surface area contributed by atoms with Gasteiger partial charge in [0.2, 0.25) is 0 Å². The Hall–Kier alpha value is -3.33. The number of carboxylic acid groups (broad SMARTS) is 1. The molecule has 0 atom stereocenters. The number of nitrogens with one attached hydrogen (secondary N) is 1. The number of rotatable bonds is 7. The second-order valence-corrected chi connectivity index (χ2v) is 5.34. The van der Waals surface area contributed by atoms with Crippen LogP contribution >= 0.6 is 11.6 Å². The number of hydrogen-bond acceptors (Lipinski definition) is 6. The summed E-state index contributed by atoms with van der Waals surface area (Å²) < 4.78 is 10.3. The lowest BCUT2D eigenvalue weighted by Gasteiger charge is -2.13. The Bertz CT molecular complexity index is 852. The van der Waals surface area contributed by atoms with Crippen LogP contribution < -0.4 is 14.8 Å². The summed E-state index contributed by atoms with van der Waals surface area (Å²) in [5.41, 5.74) is -0.149. The van der Waals surface area contributed by atoms with Crippen molar-refractivity contribution in [3.05, 3.63) is 57.1 Å². The third-order valence-electron chi connectivity index (χ3n) is 3.19. The molecule has 0 aliphatic rings. The molecule has 0 unspecified atom stereocenters. The van der Waals surface area contributed by atoms with Crippen molar-refractivity contribution >= 4 is 34.9 Å². The second-order valence-electron chi connectivity index (χ2n) is 4.93. The van der Waals surface area contributed by atoms with Gasteiger partial charge >= 0.3 is 5.97 Å². The molecule has 2 aromatic rings. The standard InChI is InChI=1S/C16H13ClN2O7/c1-25-15-12(17)6-9(16(21)22)7-13(15)18-14(20)8-26-11-4-2-10(3-5-11)19(23)24/h2-7H,8H2,1H3,(H,18,20)(H,21,22). The maximum atomic E-state index is 12.0. The highest BCUT2D eigenvalue weighted by Crippen LogP contribution is 2.34. The lowest BCUT2D eigenvalue weighted by molar-refractivity contribution is -0.384.